The van der Waals surface area contributed by atoms with Crippen molar-refractivity contribution in [1.82, 2.24) is 4.72 Å². The van der Waals surface area contributed by atoms with Crippen molar-refractivity contribution < 1.29 is 18.7 Å². The van der Waals surface area contributed by atoms with Crippen LogP contribution in [-0.2, 0) is 14.3 Å². The quantitative estimate of drug-likeness (QED) is 0.860. The van der Waals surface area contributed by atoms with Gasteiger partial charge in [-0.15, -0.1) is 4.33 Å². The van der Waals surface area contributed by atoms with Crippen molar-refractivity contribution in [2.75, 3.05) is 12.9 Å². The van der Waals surface area contributed by atoms with Crippen LogP contribution in [0.1, 0.15) is 19.8 Å². The van der Waals surface area contributed by atoms with E-state index in [4.69, 9.17) is 14.3 Å². The van der Waals surface area contributed by atoms with Gasteiger partial charge in [-0.3, -0.25) is 0 Å². The second-order valence-corrected chi connectivity index (χ2v) is 6.86. The number of hydrogen-bond donors (Lipinski definition) is 1. The summed E-state index contributed by atoms with van der Waals surface area (Å²) in [5.74, 6) is -0.288. The lowest BCUT2D eigenvalue weighted by molar-refractivity contribution is -0.460. The van der Waals surface area contributed by atoms with E-state index >= 15 is 0 Å². The molecule has 1 aliphatic heterocycles. The van der Waals surface area contributed by atoms with Crippen molar-refractivity contribution in [3.8, 4) is 0 Å². The molecule has 0 radical (unpaired) electrons. The van der Waals surface area contributed by atoms with Gasteiger partial charge < -0.3 is 0 Å². The van der Waals surface area contributed by atoms with Crippen LogP contribution < -0.4 is 4.72 Å². The van der Waals surface area contributed by atoms with E-state index in [0.717, 1.165) is 17.7 Å². The van der Waals surface area contributed by atoms with Crippen LogP contribution >= 0.6 is 10.5 Å². The Hall–Kier alpha value is -0.660. The molecule has 1 heterocycles. The van der Waals surface area contributed by atoms with Gasteiger partial charge in [0.2, 0.25) is 0 Å². The second kappa shape index (κ2) is 5.99. The minimum atomic E-state index is -1.89. The number of nitrogens with one attached hydrogen (secondary N) is 1. The summed E-state index contributed by atoms with van der Waals surface area (Å²) in [7, 11) is -1.89. The fourth-order valence-corrected chi connectivity index (χ4v) is 3.77. The maximum Gasteiger partial charge on any atom is 0.124 e. The highest BCUT2D eigenvalue weighted by atomic mass is 32.3. The predicted octanol–water partition coefficient (Wildman–Crippen LogP) is 3.10. The number of rotatable bonds is 3. The van der Waals surface area contributed by atoms with Gasteiger partial charge in [-0.25, -0.2) is 14.0 Å². The standard InChI is InChI=1S/C12H18FNO3S/c1-3-5-11-9-15-16-17-18(2,14-11)12-7-4-6-10(13)8-12/h4,6-8,11,14H,3,5,9H2,1-2H3. The molecule has 1 fully saturated rings. The van der Waals surface area contributed by atoms with Gasteiger partial charge >= 0.3 is 0 Å². The first-order chi connectivity index (χ1) is 8.64. The van der Waals surface area contributed by atoms with E-state index in [9.17, 15) is 4.39 Å². The summed E-state index contributed by atoms with van der Waals surface area (Å²) in [5, 5.41) is 4.73. The lowest BCUT2D eigenvalue weighted by atomic mass is 10.2. The molecule has 6 heteroatoms. The summed E-state index contributed by atoms with van der Waals surface area (Å²) in [6.07, 6.45) is 3.85. The molecule has 1 aromatic carbocycles. The van der Waals surface area contributed by atoms with Crippen molar-refractivity contribution in [2.24, 2.45) is 0 Å². The largest absolute Gasteiger partial charge is 0.249 e. The highest BCUT2D eigenvalue weighted by Gasteiger charge is 2.30. The lowest BCUT2D eigenvalue weighted by Gasteiger charge is -2.34. The molecule has 0 saturated carbocycles. The molecular weight excluding hydrogens is 257 g/mol. The topological polar surface area (TPSA) is 39.7 Å². The molecular formula is C12H18FNO3S. The predicted molar refractivity (Wildman–Crippen MR) is 68.1 cm³/mol. The molecule has 18 heavy (non-hydrogen) atoms. The summed E-state index contributed by atoms with van der Waals surface area (Å²) in [5.41, 5.74) is 0. The first-order valence-corrected chi connectivity index (χ1v) is 7.89. The third-order valence-electron chi connectivity index (χ3n) is 2.76. The van der Waals surface area contributed by atoms with Gasteiger partial charge in [0.15, 0.2) is 0 Å². The van der Waals surface area contributed by atoms with Gasteiger partial charge in [-0.1, -0.05) is 24.4 Å². The first kappa shape index (κ1) is 13.8. The molecule has 0 aliphatic carbocycles. The molecule has 102 valence electrons. The van der Waals surface area contributed by atoms with Crippen LogP contribution in [0.15, 0.2) is 29.2 Å². The third kappa shape index (κ3) is 3.21. The Balaban J connectivity index is 2.21. The van der Waals surface area contributed by atoms with Crippen LogP contribution in [0, 0.1) is 5.82 Å². The zero-order valence-electron chi connectivity index (χ0n) is 10.5. The lowest BCUT2D eigenvalue weighted by Crippen LogP contribution is -2.33. The monoisotopic (exact) mass is 275 g/mol. The molecule has 0 bridgehead atoms. The minimum Gasteiger partial charge on any atom is -0.249 e. The summed E-state index contributed by atoms with van der Waals surface area (Å²) in [4.78, 5) is 5.69. The minimum absolute atomic E-state index is 0.140. The van der Waals surface area contributed by atoms with Crippen LogP contribution in [0.3, 0.4) is 0 Å². The Morgan fingerprint density at radius 1 is 1.50 bits per heavy atom. The summed E-state index contributed by atoms with van der Waals surface area (Å²) in [6, 6.07) is 6.49. The van der Waals surface area contributed by atoms with Crippen LogP contribution in [0.5, 0.6) is 0 Å². The fraction of sp³-hybridized carbons (Fsp3) is 0.500. The van der Waals surface area contributed by atoms with Gasteiger partial charge in [0.25, 0.3) is 0 Å². The maximum atomic E-state index is 13.3. The Morgan fingerprint density at radius 2 is 2.33 bits per heavy atom. The molecule has 2 atom stereocenters. The van der Waals surface area contributed by atoms with E-state index < -0.39 is 10.5 Å². The smallest absolute Gasteiger partial charge is 0.124 e. The average molecular weight is 275 g/mol. The van der Waals surface area contributed by atoms with Gasteiger partial charge in [-0.05, 0) is 35.1 Å². The number of benzene rings is 1. The van der Waals surface area contributed by atoms with Crippen LogP contribution in [0.25, 0.3) is 0 Å². The molecule has 2 rings (SSSR count). The molecule has 2 unspecified atom stereocenters. The van der Waals surface area contributed by atoms with Crippen molar-refractivity contribution >= 4 is 10.5 Å². The molecule has 1 aliphatic rings. The molecule has 1 aromatic rings. The first-order valence-electron chi connectivity index (χ1n) is 5.93. The molecule has 1 N–H and O–H groups in total. The van der Waals surface area contributed by atoms with Crippen LogP contribution in [-0.4, -0.2) is 18.9 Å². The number of hydrogen-bond acceptors (Lipinski definition) is 4. The van der Waals surface area contributed by atoms with Crippen molar-refractivity contribution in [3.05, 3.63) is 30.1 Å². The Kier molecular flexibility index (Phi) is 4.58. The summed E-state index contributed by atoms with van der Waals surface area (Å²) >= 11 is 0. The van der Waals surface area contributed by atoms with Crippen molar-refractivity contribution in [2.45, 2.75) is 30.7 Å². The number of halogens is 1. The Morgan fingerprint density at radius 3 is 3.06 bits per heavy atom. The van der Waals surface area contributed by atoms with Gasteiger partial charge in [-0.2, -0.15) is 0 Å². The van der Waals surface area contributed by atoms with E-state index in [1.165, 1.54) is 12.1 Å². The van der Waals surface area contributed by atoms with Gasteiger partial charge in [0, 0.05) is 17.2 Å². The molecule has 1 saturated heterocycles. The van der Waals surface area contributed by atoms with Crippen LogP contribution in [0.4, 0.5) is 4.39 Å². The summed E-state index contributed by atoms with van der Waals surface area (Å²) in [6.45, 7) is 2.52. The molecule has 0 spiro atoms. The molecule has 0 amide bonds. The normalized spacial score (nSPS) is 32.5. The average Bonchev–Trinajstić information content (AvgIpc) is 2.53. The Labute approximate surface area is 108 Å². The Bertz CT molecular complexity index is 407. The van der Waals surface area contributed by atoms with Crippen LogP contribution in [0.2, 0.25) is 0 Å². The van der Waals surface area contributed by atoms with Gasteiger partial charge in [0.05, 0.1) is 0 Å². The highest BCUT2D eigenvalue weighted by molar-refractivity contribution is 8.27. The maximum absolute atomic E-state index is 13.3. The third-order valence-corrected chi connectivity index (χ3v) is 5.02. The fourth-order valence-electron chi connectivity index (χ4n) is 1.86. The molecule has 0 aromatic heterocycles. The zero-order chi connectivity index (χ0) is 13.0. The zero-order valence-corrected chi connectivity index (χ0v) is 11.3. The summed E-state index contributed by atoms with van der Waals surface area (Å²) < 4.78 is 22.0. The van der Waals surface area contributed by atoms with E-state index in [1.807, 2.05) is 12.3 Å². The van der Waals surface area contributed by atoms with E-state index in [-0.39, 0.29) is 11.9 Å². The van der Waals surface area contributed by atoms with E-state index in [2.05, 4.69) is 11.6 Å². The second-order valence-electron chi connectivity index (χ2n) is 4.33. The molecule has 4 nitrogen and oxygen atoms in total. The highest BCUT2D eigenvalue weighted by Crippen LogP contribution is 2.51. The van der Waals surface area contributed by atoms with E-state index in [1.54, 1.807) is 6.07 Å². The SMILES string of the molecule is CCCC1COOOS(C)(c2cccc(F)c2)N1. The van der Waals surface area contributed by atoms with Crippen molar-refractivity contribution in [3.63, 3.8) is 0 Å². The van der Waals surface area contributed by atoms with Gasteiger partial charge in [0.1, 0.15) is 12.4 Å². The van der Waals surface area contributed by atoms with Crippen molar-refractivity contribution in [1.29, 1.82) is 0 Å². The van der Waals surface area contributed by atoms with E-state index in [0.29, 0.717) is 6.61 Å².